The van der Waals surface area contributed by atoms with Gasteiger partial charge in [0, 0.05) is 22.7 Å². The lowest BCUT2D eigenvalue weighted by atomic mass is 9.86. The van der Waals surface area contributed by atoms with Crippen molar-refractivity contribution in [2.75, 3.05) is 0 Å². The molecule has 1 aliphatic rings. The third kappa shape index (κ3) is 4.13. The van der Waals surface area contributed by atoms with Crippen molar-refractivity contribution in [1.29, 1.82) is 0 Å². The van der Waals surface area contributed by atoms with Gasteiger partial charge < -0.3 is 5.32 Å². The van der Waals surface area contributed by atoms with E-state index in [0.717, 1.165) is 40.0 Å². The van der Waals surface area contributed by atoms with E-state index in [4.69, 9.17) is 9.97 Å². The molecule has 0 radical (unpaired) electrons. The molecule has 1 heterocycles. The SMILES string of the molecule is C[C@@H]1CCCC[C@@H]1NC(=O)c1ccc2nc(-c3ccccc3)c(-c3ccccc3)nc2c1. The number of nitrogens with one attached hydrogen (secondary N) is 1. The summed E-state index contributed by atoms with van der Waals surface area (Å²) >= 11 is 0. The monoisotopic (exact) mass is 421 g/mol. The molecular formula is C28H27N3O. The van der Waals surface area contributed by atoms with Crippen LogP contribution in [0.1, 0.15) is 43.0 Å². The van der Waals surface area contributed by atoms with Gasteiger partial charge >= 0.3 is 0 Å². The predicted molar refractivity (Wildman–Crippen MR) is 129 cm³/mol. The molecule has 4 heteroatoms. The number of benzene rings is 3. The smallest absolute Gasteiger partial charge is 0.251 e. The maximum Gasteiger partial charge on any atom is 0.251 e. The molecule has 4 nitrogen and oxygen atoms in total. The molecule has 32 heavy (non-hydrogen) atoms. The van der Waals surface area contributed by atoms with Crippen molar-refractivity contribution in [2.45, 2.75) is 38.6 Å². The average molecular weight is 422 g/mol. The number of hydrogen-bond acceptors (Lipinski definition) is 3. The summed E-state index contributed by atoms with van der Waals surface area (Å²) in [6.07, 6.45) is 4.67. The normalized spacial score (nSPS) is 18.4. The number of carbonyl (C=O) groups is 1. The van der Waals surface area contributed by atoms with Crippen LogP contribution in [0.15, 0.2) is 78.9 Å². The summed E-state index contributed by atoms with van der Waals surface area (Å²) < 4.78 is 0. The van der Waals surface area contributed by atoms with Gasteiger partial charge in [-0.1, -0.05) is 80.4 Å². The van der Waals surface area contributed by atoms with Crippen LogP contribution >= 0.6 is 0 Å². The maximum atomic E-state index is 13.0. The van der Waals surface area contributed by atoms with E-state index in [1.807, 2.05) is 66.7 Å². The second-order valence-corrected chi connectivity index (χ2v) is 8.70. The van der Waals surface area contributed by atoms with E-state index in [2.05, 4.69) is 24.4 Å². The lowest BCUT2D eigenvalue weighted by Crippen LogP contribution is -2.41. The number of rotatable bonds is 4. The van der Waals surface area contributed by atoms with E-state index >= 15 is 0 Å². The van der Waals surface area contributed by atoms with Gasteiger partial charge in [-0.25, -0.2) is 9.97 Å². The van der Waals surface area contributed by atoms with Crippen LogP contribution in [0.2, 0.25) is 0 Å². The van der Waals surface area contributed by atoms with E-state index in [-0.39, 0.29) is 11.9 Å². The van der Waals surface area contributed by atoms with Crippen LogP contribution in [0.5, 0.6) is 0 Å². The van der Waals surface area contributed by atoms with Gasteiger partial charge in [-0.3, -0.25) is 4.79 Å². The number of aromatic nitrogens is 2. The van der Waals surface area contributed by atoms with Crippen molar-refractivity contribution in [3.63, 3.8) is 0 Å². The highest BCUT2D eigenvalue weighted by Gasteiger charge is 2.23. The zero-order chi connectivity index (χ0) is 21.9. The first-order chi connectivity index (χ1) is 15.7. The molecule has 0 spiro atoms. The molecule has 0 saturated heterocycles. The van der Waals surface area contributed by atoms with Gasteiger partial charge in [-0.15, -0.1) is 0 Å². The minimum Gasteiger partial charge on any atom is -0.349 e. The van der Waals surface area contributed by atoms with Crippen molar-refractivity contribution >= 4 is 16.9 Å². The zero-order valence-corrected chi connectivity index (χ0v) is 18.3. The highest BCUT2D eigenvalue weighted by molar-refractivity contribution is 5.98. The molecule has 0 unspecified atom stereocenters. The molecular weight excluding hydrogens is 394 g/mol. The molecule has 4 aromatic rings. The van der Waals surface area contributed by atoms with Gasteiger partial charge in [0.05, 0.1) is 22.4 Å². The molecule has 5 rings (SSSR count). The van der Waals surface area contributed by atoms with Crippen molar-refractivity contribution in [3.8, 4) is 22.5 Å². The summed E-state index contributed by atoms with van der Waals surface area (Å²) in [5, 5.41) is 3.25. The highest BCUT2D eigenvalue weighted by atomic mass is 16.1. The van der Waals surface area contributed by atoms with Gasteiger partial charge in [-0.2, -0.15) is 0 Å². The average Bonchev–Trinajstić information content (AvgIpc) is 2.85. The van der Waals surface area contributed by atoms with E-state index < -0.39 is 0 Å². The van der Waals surface area contributed by atoms with Gasteiger partial charge in [0.2, 0.25) is 0 Å². The van der Waals surface area contributed by atoms with Gasteiger partial charge in [-0.05, 0) is 37.0 Å². The van der Waals surface area contributed by atoms with Crippen molar-refractivity contribution < 1.29 is 4.79 Å². The first-order valence-electron chi connectivity index (χ1n) is 11.4. The largest absolute Gasteiger partial charge is 0.349 e. The molecule has 3 aromatic carbocycles. The molecule has 1 amide bonds. The van der Waals surface area contributed by atoms with Gasteiger partial charge in [0.25, 0.3) is 5.91 Å². The van der Waals surface area contributed by atoms with Crippen molar-refractivity contribution in [3.05, 3.63) is 84.4 Å². The Kier molecular flexibility index (Phi) is 5.68. The highest BCUT2D eigenvalue weighted by Crippen LogP contribution is 2.31. The summed E-state index contributed by atoms with van der Waals surface area (Å²) in [6, 6.07) is 26.1. The first-order valence-corrected chi connectivity index (χ1v) is 11.4. The Morgan fingerprint density at radius 3 is 2.00 bits per heavy atom. The van der Waals surface area contributed by atoms with E-state index in [1.54, 1.807) is 0 Å². The molecule has 160 valence electrons. The van der Waals surface area contributed by atoms with Gasteiger partial charge in [0.15, 0.2) is 0 Å². The molecule has 0 aliphatic heterocycles. The lowest BCUT2D eigenvalue weighted by Gasteiger charge is -2.29. The van der Waals surface area contributed by atoms with Crippen LogP contribution in [-0.4, -0.2) is 21.9 Å². The fourth-order valence-corrected chi connectivity index (χ4v) is 4.57. The second-order valence-electron chi connectivity index (χ2n) is 8.70. The van der Waals surface area contributed by atoms with E-state index in [9.17, 15) is 4.79 Å². The Morgan fingerprint density at radius 1 is 0.781 bits per heavy atom. The Bertz CT molecular complexity index is 1240. The first kappa shape index (κ1) is 20.4. The quantitative estimate of drug-likeness (QED) is 0.422. The van der Waals surface area contributed by atoms with Crippen LogP contribution in [0.25, 0.3) is 33.5 Å². The molecule has 1 aromatic heterocycles. The molecule has 1 aliphatic carbocycles. The number of nitrogens with zero attached hydrogens (tertiary/aromatic N) is 2. The van der Waals surface area contributed by atoms with Crippen LogP contribution < -0.4 is 5.32 Å². The predicted octanol–water partition coefficient (Wildman–Crippen LogP) is 6.27. The van der Waals surface area contributed by atoms with Crippen molar-refractivity contribution in [2.24, 2.45) is 5.92 Å². The number of fused-ring (bicyclic) bond motifs is 1. The topological polar surface area (TPSA) is 54.9 Å². The van der Waals surface area contributed by atoms with Crippen LogP contribution in [0, 0.1) is 5.92 Å². The Hall–Kier alpha value is -3.53. The summed E-state index contributed by atoms with van der Waals surface area (Å²) in [5.41, 5.74) is 5.84. The Balaban J connectivity index is 1.55. The molecule has 2 atom stereocenters. The number of hydrogen-bond donors (Lipinski definition) is 1. The van der Waals surface area contributed by atoms with Crippen LogP contribution in [0.3, 0.4) is 0 Å². The van der Waals surface area contributed by atoms with Crippen molar-refractivity contribution in [1.82, 2.24) is 15.3 Å². The minimum atomic E-state index is -0.0270. The summed E-state index contributed by atoms with van der Waals surface area (Å²) in [5.74, 6) is 0.493. The Labute approximate surface area is 188 Å². The number of carbonyl (C=O) groups excluding carboxylic acids is 1. The fourth-order valence-electron chi connectivity index (χ4n) is 4.57. The zero-order valence-electron chi connectivity index (χ0n) is 18.3. The van der Waals surface area contributed by atoms with Crippen LogP contribution in [-0.2, 0) is 0 Å². The van der Waals surface area contributed by atoms with E-state index in [0.29, 0.717) is 11.5 Å². The van der Waals surface area contributed by atoms with Crippen LogP contribution in [0.4, 0.5) is 0 Å². The molecule has 1 saturated carbocycles. The van der Waals surface area contributed by atoms with Gasteiger partial charge in [0.1, 0.15) is 0 Å². The van der Waals surface area contributed by atoms with E-state index in [1.165, 1.54) is 19.3 Å². The summed E-state index contributed by atoms with van der Waals surface area (Å²) in [6.45, 7) is 2.23. The molecule has 1 N–H and O–H groups in total. The fraction of sp³-hybridized carbons (Fsp3) is 0.250. The summed E-state index contributed by atoms with van der Waals surface area (Å²) in [7, 11) is 0. The standard InChI is InChI=1S/C28H27N3O/c1-19-10-8-9-15-23(19)31-28(32)22-16-17-24-25(18-22)30-27(21-13-6-3-7-14-21)26(29-24)20-11-4-2-5-12-20/h2-7,11-14,16-19,23H,8-10,15H2,1H3,(H,31,32)/t19-,23+/m1/s1. The maximum absolute atomic E-state index is 13.0. The molecule has 0 bridgehead atoms. The second kappa shape index (κ2) is 8.91. The summed E-state index contributed by atoms with van der Waals surface area (Å²) in [4.78, 5) is 22.9. The number of amides is 1. The lowest BCUT2D eigenvalue weighted by molar-refractivity contribution is 0.0910. The Morgan fingerprint density at radius 2 is 1.38 bits per heavy atom. The third-order valence-corrected chi connectivity index (χ3v) is 6.45. The molecule has 1 fully saturated rings. The third-order valence-electron chi connectivity index (χ3n) is 6.45. The minimum absolute atomic E-state index is 0.0270.